The van der Waals surface area contributed by atoms with Crippen LogP contribution in [0.25, 0.3) is 0 Å². The van der Waals surface area contributed by atoms with Crippen LogP contribution in [0, 0.1) is 11.8 Å². The summed E-state index contributed by atoms with van der Waals surface area (Å²) in [6, 6.07) is 0.467. The van der Waals surface area contributed by atoms with Crippen molar-refractivity contribution in [2.75, 3.05) is 18.1 Å². The molecule has 2 atom stereocenters. The maximum absolute atomic E-state index is 12.4. The number of carbonyl (C=O) groups excluding carboxylic acids is 1. The van der Waals surface area contributed by atoms with E-state index < -0.39 is 0 Å². The fourth-order valence-electron chi connectivity index (χ4n) is 2.73. The van der Waals surface area contributed by atoms with Gasteiger partial charge in [0.2, 0.25) is 5.91 Å². The van der Waals surface area contributed by atoms with E-state index in [9.17, 15) is 4.79 Å². The van der Waals surface area contributed by atoms with Crippen LogP contribution in [0.15, 0.2) is 0 Å². The van der Waals surface area contributed by atoms with E-state index in [2.05, 4.69) is 32.6 Å². The summed E-state index contributed by atoms with van der Waals surface area (Å²) >= 11 is 1.87. The third-order valence-electron chi connectivity index (χ3n) is 3.97. The Balaban J connectivity index is 2.59. The van der Waals surface area contributed by atoms with Gasteiger partial charge in [-0.3, -0.25) is 4.79 Å². The second-order valence-corrected chi connectivity index (χ2v) is 7.21. The summed E-state index contributed by atoms with van der Waals surface area (Å²) in [7, 11) is 0. The largest absolute Gasteiger partial charge is 0.339 e. The monoisotopic (exact) mass is 271 g/mol. The smallest absolute Gasteiger partial charge is 0.223 e. The number of likely N-dealkylation sites (tertiary alicyclic amines) is 1. The van der Waals surface area contributed by atoms with E-state index >= 15 is 0 Å². The van der Waals surface area contributed by atoms with Crippen LogP contribution in [-0.4, -0.2) is 34.9 Å². The SMILES string of the molecule is CCSCCC(=O)N1CCC(C)CCC1C(C)C. The van der Waals surface area contributed by atoms with E-state index in [1.807, 2.05) is 11.8 Å². The first-order chi connectivity index (χ1) is 8.56. The molecule has 0 saturated carbocycles. The highest BCUT2D eigenvalue weighted by Gasteiger charge is 2.28. The summed E-state index contributed by atoms with van der Waals surface area (Å²) in [5, 5.41) is 0. The van der Waals surface area contributed by atoms with E-state index in [-0.39, 0.29) is 0 Å². The van der Waals surface area contributed by atoms with E-state index in [0.717, 1.165) is 30.4 Å². The first-order valence-corrected chi connectivity index (χ1v) is 8.58. The molecular weight excluding hydrogens is 242 g/mol. The van der Waals surface area contributed by atoms with Gasteiger partial charge in [0, 0.05) is 24.8 Å². The molecule has 0 bridgehead atoms. The van der Waals surface area contributed by atoms with Crippen LogP contribution in [0.5, 0.6) is 0 Å². The molecule has 18 heavy (non-hydrogen) atoms. The van der Waals surface area contributed by atoms with Gasteiger partial charge >= 0.3 is 0 Å². The van der Waals surface area contributed by atoms with Crippen molar-refractivity contribution in [2.24, 2.45) is 11.8 Å². The third-order valence-corrected chi connectivity index (χ3v) is 4.87. The molecule has 0 aromatic carbocycles. The molecule has 0 aliphatic carbocycles. The highest BCUT2D eigenvalue weighted by molar-refractivity contribution is 7.99. The van der Waals surface area contributed by atoms with Gasteiger partial charge in [0.1, 0.15) is 0 Å². The van der Waals surface area contributed by atoms with Crippen molar-refractivity contribution < 1.29 is 4.79 Å². The summed E-state index contributed by atoms with van der Waals surface area (Å²) < 4.78 is 0. The number of amides is 1. The molecule has 1 aliphatic rings. The predicted octanol–water partition coefficient (Wildman–Crippen LogP) is 3.80. The Morgan fingerprint density at radius 3 is 2.67 bits per heavy atom. The number of hydrogen-bond donors (Lipinski definition) is 0. The van der Waals surface area contributed by atoms with Gasteiger partial charge in [-0.15, -0.1) is 0 Å². The van der Waals surface area contributed by atoms with Gasteiger partial charge in [-0.1, -0.05) is 27.7 Å². The quantitative estimate of drug-likeness (QED) is 0.709. The molecule has 1 amide bonds. The van der Waals surface area contributed by atoms with Crippen LogP contribution in [-0.2, 0) is 4.79 Å². The minimum atomic E-state index is 0.378. The van der Waals surface area contributed by atoms with Crippen LogP contribution in [0.1, 0.15) is 53.4 Å². The topological polar surface area (TPSA) is 20.3 Å². The molecule has 1 heterocycles. The van der Waals surface area contributed by atoms with Crippen molar-refractivity contribution in [3.8, 4) is 0 Å². The van der Waals surface area contributed by atoms with Crippen molar-refractivity contribution in [1.29, 1.82) is 0 Å². The average molecular weight is 271 g/mol. The highest BCUT2D eigenvalue weighted by atomic mass is 32.2. The van der Waals surface area contributed by atoms with Gasteiger partial charge in [0.15, 0.2) is 0 Å². The van der Waals surface area contributed by atoms with Crippen molar-refractivity contribution in [2.45, 2.75) is 59.4 Å². The minimum absolute atomic E-state index is 0.378. The highest BCUT2D eigenvalue weighted by Crippen LogP contribution is 2.26. The fourth-order valence-corrected chi connectivity index (χ4v) is 3.34. The summed E-state index contributed by atoms with van der Waals surface area (Å²) in [6.45, 7) is 9.95. The zero-order valence-corrected chi connectivity index (χ0v) is 13.3. The number of thioether (sulfide) groups is 1. The number of nitrogens with zero attached hydrogens (tertiary/aromatic N) is 1. The molecule has 0 aromatic heterocycles. The fraction of sp³-hybridized carbons (Fsp3) is 0.933. The van der Waals surface area contributed by atoms with Gasteiger partial charge in [-0.2, -0.15) is 11.8 Å². The standard InChI is InChI=1S/C15H29NOS/c1-5-18-11-9-15(17)16-10-8-13(4)6-7-14(16)12(2)3/h12-14H,5-11H2,1-4H3. The Kier molecular flexibility index (Phi) is 7.13. The first kappa shape index (κ1) is 15.9. The Labute approximate surface area is 117 Å². The molecule has 1 aliphatic heterocycles. The van der Waals surface area contributed by atoms with Gasteiger partial charge in [0.25, 0.3) is 0 Å². The predicted molar refractivity (Wildman–Crippen MR) is 81.0 cm³/mol. The zero-order chi connectivity index (χ0) is 13.5. The molecule has 1 rings (SSSR count). The van der Waals surface area contributed by atoms with Crippen LogP contribution in [0.2, 0.25) is 0 Å². The summed E-state index contributed by atoms with van der Waals surface area (Å²) in [6.07, 6.45) is 4.35. The molecule has 1 saturated heterocycles. The second kappa shape index (κ2) is 8.08. The van der Waals surface area contributed by atoms with Crippen molar-refractivity contribution in [3.63, 3.8) is 0 Å². The lowest BCUT2D eigenvalue weighted by Crippen LogP contribution is -2.43. The van der Waals surface area contributed by atoms with Crippen LogP contribution >= 0.6 is 11.8 Å². The van der Waals surface area contributed by atoms with Crippen LogP contribution in [0.4, 0.5) is 0 Å². The maximum Gasteiger partial charge on any atom is 0.223 e. The van der Waals surface area contributed by atoms with Crippen LogP contribution in [0.3, 0.4) is 0 Å². The molecule has 0 spiro atoms. The van der Waals surface area contributed by atoms with E-state index in [1.54, 1.807) is 0 Å². The molecule has 0 aromatic rings. The third kappa shape index (κ3) is 4.83. The molecule has 2 unspecified atom stereocenters. The second-order valence-electron chi connectivity index (χ2n) is 5.82. The lowest BCUT2D eigenvalue weighted by atomic mass is 9.95. The zero-order valence-electron chi connectivity index (χ0n) is 12.4. The van der Waals surface area contributed by atoms with Crippen molar-refractivity contribution >= 4 is 17.7 Å². The maximum atomic E-state index is 12.4. The minimum Gasteiger partial charge on any atom is -0.339 e. The summed E-state index contributed by atoms with van der Waals surface area (Å²) in [5.74, 6) is 3.82. The Bertz CT molecular complexity index is 255. The molecule has 0 N–H and O–H groups in total. The van der Waals surface area contributed by atoms with Crippen LogP contribution < -0.4 is 0 Å². The van der Waals surface area contributed by atoms with Gasteiger partial charge in [-0.25, -0.2) is 0 Å². The van der Waals surface area contributed by atoms with E-state index in [0.29, 0.717) is 17.9 Å². The number of hydrogen-bond acceptors (Lipinski definition) is 2. The first-order valence-electron chi connectivity index (χ1n) is 7.43. The summed E-state index contributed by atoms with van der Waals surface area (Å²) in [4.78, 5) is 14.5. The Hall–Kier alpha value is -0.180. The average Bonchev–Trinajstić information content (AvgIpc) is 2.51. The Morgan fingerprint density at radius 2 is 2.06 bits per heavy atom. The van der Waals surface area contributed by atoms with E-state index in [1.165, 1.54) is 19.3 Å². The summed E-state index contributed by atoms with van der Waals surface area (Å²) in [5.41, 5.74) is 0. The van der Waals surface area contributed by atoms with Gasteiger partial charge in [0.05, 0.1) is 0 Å². The molecule has 3 heteroatoms. The normalized spacial score (nSPS) is 25.3. The van der Waals surface area contributed by atoms with Crippen molar-refractivity contribution in [3.05, 3.63) is 0 Å². The molecular formula is C15H29NOS. The molecule has 106 valence electrons. The van der Waals surface area contributed by atoms with Gasteiger partial charge < -0.3 is 4.90 Å². The Morgan fingerprint density at radius 1 is 1.33 bits per heavy atom. The van der Waals surface area contributed by atoms with E-state index in [4.69, 9.17) is 0 Å². The lowest BCUT2D eigenvalue weighted by Gasteiger charge is -2.33. The number of carbonyl (C=O) groups is 1. The van der Waals surface area contributed by atoms with Crippen molar-refractivity contribution in [1.82, 2.24) is 4.90 Å². The molecule has 2 nitrogen and oxygen atoms in total. The number of rotatable bonds is 5. The molecule has 1 fully saturated rings. The molecule has 0 radical (unpaired) electrons. The lowest BCUT2D eigenvalue weighted by molar-refractivity contribution is -0.134. The van der Waals surface area contributed by atoms with Gasteiger partial charge in [-0.05, 0) is 36.9 Å².